The Morgan fingerprint density at radius 1 is 0.509 bits per heavy atom. The van der Waals surface area contributed by atoms with Gasteiger partial charge in [0.2, 0.25) is 15.4 Å². The Balaban J connectivity index is 1.52. The normalized spacial score (nSPS) is 11.8. The predicted molar refractivity (Wildman–Crippen MR) is 244 cm³/mol. The van der Waals surface area contributed by atoms with Gasteiger partial charge in [-0.1, -0.05) is 158 Å². The third kappa shape index (κ3) is 20.4. The van der Waals surface area contributed by atoms with E-state index in [4.69, 9.17) is 0 Å². The SMILES string of the molecule is CCCCCCCCCCNC(=O)C[O+](CCCCCC[P+](CC(=O)NCCCCCCCCCC)(c1ccccc1)c1ccccc1)Pc1ccccc1. The largest absolute Gasteiger partial charge is 0.404 e. The molecule has 55 heavy (non-hydrogen) atoms. The standard InChI is InChI=1S/C48H74N2O3P2/c1-3-5-7-9-11-13-15-28-38-49-47(51)42-53(54-44-32-22-19-23-33-44)40-30-17-18-31-41-55(45-34-24-20-25-35-45,46-36-26-21-27-37-46)43-48(52)50-39-29-16-14-12-10-8-6-4-2/h19-27,32-37,54H,3-18,28-31,38-43H2,1-2H3/p+2. The summed E-state index contributed by atoms with van der Waals surface area (Å²) in [5, 5.41) is 10.4. The molecule has 0 fully saturated rings. The van der Waals surface area contributed by atoms with E-state index in [1.807, 2.05) is 6.07 Å². The minimum Gasteiger partial charge on any atom is -0.404 e. The van der Waals surface area contributed by atoms with Crippen molar-refractivity contribution >= 4 is 43.8 Å². The van der Waals surface area contributed by atoms with Crippen LogP contribution in [0, 0.1) is 0 Å². The quantitative estimate of drug-likeness (QED) is 0.0367. The van der Waals surface area contributed by atoms with E-state index < -0.39 is 7.26 Å². The molecule has 0 aromatic heterocycles. The van der Waals surface area contributed by atoms with E-state index in [9.17, 15) is 9.59 Å². The monoisotopic (exact) mass is 791 g/mol. The zero-order valence-corrected chi connectivity index (χ0v) is 36.6. The smallest absolute Gasteiger partial charge is 0.296 e. The minimum atomic E-state index is -1.97. The lowest BCUT2D eigenvalue weighted by molar-refractivity contribution is -0.129. The average molecular weight is 791 g/mol. The first-order valence-electron chi connectivity index (χ1n) is 22.1. The van der Waals surface area contributed by atoms with Gasteiger partial charge in [0.25, 0.3) is 11.8 Å². The van der Waals surface area contributed by atoms with Crippen molar-refractivity contribution in [1.29, 1.82) is 0 Å². The lowest BCUT2D eigenvalue weighted by atomic mass is 10.1. The van der Waals surface area contributed by atoms with E-state index in [1.54, 1.807) is 0 Å². The van der Waals surface area contributed by atoms with Crippen molar-refractivity contribution in [3.8, 4) is 0 Å². The maximum atomic E-state index is 13.7. The Bertz CT molecular complexity index is 1340. The molecule has 0 aliphatic rings. The number of benzene rings is 3. The van der Waals surface area contributed by atoms with Gasteiger partial charge in [-0.15, -0.1) is 0 Å². The number of nitrogens with one attached hydrogen (secondary N) is 2. The molecule has 3 aromatic rings. The molecule has 0 saturated carbocycles. The molecule has 0 aliphatic heterocycles. The number of carbonyl (C=O) groups excluding carboxylic acids is 2. The van der Waals surface area contributed by atoms with Crippen molar-refractivity contribution < 1.29 is 13.7 Å². The average Bonchev–Trinajstić information content (AvgIpc) is 3.21. The number of rotatable bonds is 33. The molecule has 2 N–H and O–H groups in total. The van der Waals surface area contributed by atoms with Crippen LogP contribution in [0.3, 0.4) is 0 Å². The molecule has 0 aliphatic carbocycles. The summed E-state index contributed by atoms with van der Waals surface area (Å²) >= 11 is 0. The summed E-state index contributed by atoms with van der Waals surface area (Å²) in [7, 11) is -1.57. The maximum absolute atomic E-state index is 13.7. The molecule has 0 saturated heterocycles. The van der Waals surface area contributed by atoms with Gasteiger partial charge in [-0.05, 0) is 68.5 Å². The van der Waals surface area contributed by atoms with Gasteiger partial charge in [0, 0.05) is 19.5 Å². The third-order valence-electron chi connectivity index (χ3n) is 10.6. The summed E-state index contributed by atoms with van der Waals surface area (Å²) in [6.45, 7) is 7.26. The Morgan fingerprint density at radius 2 is 0.927 bits per heavy atom. The lowest BCUT2D eigenvalue weighted by Crippen LogP contribution is -2.36. The molecular formula is C48H76N2O3P2+2. The molecular weight excluding hydrogens is 714 g/mol. The van der Waals surface area contributed by atoms with Crippen LogP contribution in [-0.2, 0) is 13.7 Å². The second kappa shape index (κ2) is 30.5. The zero-order chi connectivity index (χ0) is 39.1. The predicted octanol–water partition coefficient (Wildman–Crippen LogP) is 11.2. The number of amides is 2. The van der Waals surface area contributed by atoms with Crippen LogP contribution in [0.2, 0.25) is 0 Å². The molecule has 5 nitrogen and oxygen atoms in total. The molecule has 0 bridgehead atoms. The molecule has 0 radical (unpaired) electrons. The van der Waals surface area contributed by atoms with E-state index in [-0.39, 0.29) is 11.8 Å². The zero-order valence-electron chi connectivity index (χ0n) is 34.7. The van der Waals surface area contributed by atoms with Gasteiger partial charge in [0.1, 0.15) is 12.8 Å². The summed E-state index contributed by atoms with van der Waals surface area (Å²) in [5.74, 6) is 0.302. The molecule has 1 unspecified atom stereocenters. The first-order chi connectivity index (χ1) is 27.1. The second-order valence-electron chi connectivity index (χ2n) is 15.4. The minimum absolute atomic E-state index is 0.109. The molecule has 1 atom stereocenters. The van der Waals surface area contributed by atoms with Crippen molar-refractivity contribution in [3.63, 3.8) is 0 Å². The van der Waals surface area contributed by atoms with E-state index in [0.29, 0.717) is 21.6 Å². The van der Waals surface area contributed by atoms with Crippen LogP contribution in [0.25, 0.3) is 0 Å². The Hall–Kier alpha value is -2.58. The van der Waals surface area contributed by atoms with Crippen LogP contribution >= 0.6 is 16.1 Å². The number of unbranched alkanes of at least 4 members (excludes halogenated alkanes) is 17. The van der Waals surface area contributed by atoms with Crippen LogP contribution in [0.1, 0.15) is 142 Å². The summed E-state index contributed by atoms with van der Waals surface area (Å²) in [5.41, 5.74) is 0. The fourth-order valence-corrected chi connectivity index (χ4v) is 12.7. The van der Waals surface area contributed by atoms with Crippen molar-refractivity contribution in [2.24, 2.45) is 0 Å². The van der Waals surface area contributed by atoms with Gasteiger partial charge in [-0.25, -0.2) is 0 Å². The van der Waals surface area contributed by atoms with E-state index in [0.717, 1.165) is 64.4 Å². The first-order valence-corrected chi connectivity index (χ1v) is 25.1. The van der Waals surface area contributed by atoms with Gasteiger partial charge in [-0.2, -0.15) is 0 Å². The highest BCUT2D eigenvalue weighted by Gasteiger charge is 2.44. The molecule has 2 amide bonds. The van der Waals surface area contributed by atoms with Crippen LogP contribution in [-0.4, -0.2) is 50.4 Å². The topological polar surface area (TPSA) is 60.9 Å². The highest BCUT2D eigenvalue weighted by molar-refractivity contribution is 7.90. The molecule has 3 rings (SSSR count). The summed E-state index contributed by atoms with van der Waals surface area (Å²) < 4.78 is 3.33. The van der Waals surface area contributed by atoms with Crippen LogP contribution in [0.15, 0.2) is 91.0 Å². The van der Waals surface area contributed by atoms with Gasteiger partial charge in [0.15, 0.2) is 0 Å². The van der Waals surface area contributed by atoms with Gasteiger partial charge >= 0.3 is 0 Å². The fourth-order valence-electron chi connectivity index (χ4n) is 7.42. The second-order valence-corrected chi connectivity index (χ2v) is 20.5. The third-order valence-corrected chi connectivity index (χ3v) is 16.3. The molecule has 7 heteroatoms. The van der Waals surface area contributed by atoms with E-state index in [1.165, 1.54) is 106 Å². The Kier molecular flexibility index (Phi) is 26.0. The molecule has 0 spiro atoms. The van der Waals surface area contributed by atoms with Crippen molar-refractivity contribution in [2.75, 3.05) is 38.6 Å². The lowest BCUT2D eigenvalue weighted by Gasteiger charge is -2.27. The van der Waals surface area contributed by atoms with Crippen LogP contribution in [0.5, 0.6) is 0 Å². The first kappa shape index (κ1) is 46.8. The fraction of sp³-hybridized carbons (Fsp3) is 0.583. The van der Waals surface area contributed by atoms with E-state index in [2.05, 4.69) is 114 Å². The van der Waals surface area contributed by atoms with Crippen molar-refractivity contribution in [3.05, 3.63) is 91.0 Å². The Labute approximate surface area is 338 Å². The van der Waals surface area contributed by atoms with E-state index >= 15 is 0 Å². The molecule has 3 aromatic carbocycles. The summed E-state index contributed by atoms with van der Waals surface area (Å²) in [6.07, 6.45) is 26.2. The maximum Gasteiger partial charge on any atom is 0.296 e. The highest BCUT2D eigenvalue weighted by Crippen LogP contribution is 2.57. The van der Waals surface area contributed by atoms with Gasteiger partial charge in [-0.3, -0.25) is 9.59 Å². The number of carbonyl (C=O) groups is 2. The highest BCUT2D eigenvalue weighted by atomic mass is 31.2. The summed E-state index contributed by atoms with van der Waals surface area (Å²) in [4.78, 5) is 26.7. The van der Waals surface area contributed by atoms with Crippen LogP contribution in [0.4, 0.5) is 0 Å². The van der Waals surface area contributed by atoms with Crippen molar-refractivity contribution in [2.45, 2.75) is 142 Å². The molecule has 0 heterocycles. The molecule has 304 valence electrons. The van der Waals surface area contributed by atoms with Crippen molar-refractivity contribution in [1.82, 2.24) is 10.6 Å². The Morgan fingerprint density at radius 3 is 1.44 bits per heavy atom. The number of hydrogen-bond donors (Lipinski definition) is 2. The van der Waals surface area contributed by atoms with Crippen LogP contribution < -0.4 is 26.5 Å². The van der Waals surface area contributed by atoms with Gasteiger partial charge in [0.05, 0.1) is 29.3 Å². The van der Waals surface area contributed by atoms with Gasteiger partial charge < -0.3 is 14.8 Å². The number of hydrogen-bond acceptors (Lipinski definition) is 2. The summed E-state index contributed by atoms with van der Waals surface area (Å²) in [6, 6.07) is 32.2.